The first-order valence-corrected chi connectivity index (χ1v) is 6.86. The molecule has 0 spiro atoms. The van der Waals surface area contributed by atoms with Crippen LogP contribution in [0.4, 0.5) is 5.13 Å². The lowest BCUT2D eigenvalue weighted by atomic mass is 10.3. The lowest BCUT2D eigenvalue weighted by Gasteiger charge is -2.25. The fourth-order valence-electron chi connectivity index (χ4n) is 1.73. The SMILES string of the molecule is Clc1ccc(-c2csc(N3CCOCC3)n2)nn1. The van der Waals surface area contributed by atoms with Crippen molar-refractivity contribution in [1.82, 2.24) is 15.2 Å². The molecule has 94 valence electrons. The van der Waals surface area contributed by atoms with Gasteiger partial charge in [0.25, 0.3) is 0 Å². The van der Waals surface area contributed by atoms with Gasteiger partial charge in [-0.1, -0.05) is 11.6 Å². The van der Waals surface area contributed by atoms with Gasteiger partial charge in [-0.25, -0.2) is 4.98 Å². The van der Waals surface area contributed by atoms with E-state index in [2.05, 4.69) is 20.1 Å². The first-order chi connectivity index (χ1) is 8.83. The third-order valence-electron chi connectivity index (χ3n) is 2.67. The molecule has 1 aliphatic heterocycles. The molecule has 0 atom stereocenters. The van der Waals surface area contributed by atoms with Gasteiger partial charge in [0.2, 0.25) is 0 Å². The molecule has 1 saturated heterocycles. The van der Waals surface area contributed by atoms with Gasteiger partial charge in [0.1, 0.15) is 11.4 Å². The second-order valence-corrected chi connectivity index (χ2v) is 5.08. The molecule has 2 aromatic heterocycles. The summed E-state index contributed by atoms with van der Waals surface area (Å²) in [5.41, 5.74) is 1.58. The van der Waals surface area contributed by atoms with Crippen LogP contribution in [0.5, 0.6) is 0 Å². The average Bonchev–Trinajstić information content (AvgIpc) is 2.90. The molecule has 0 aromatic carbocycles. The number of anilines is 1. The highest BCUT2D eigenvalue weighted by Gasteiger charge is 2.15. The molecular weight excluding hydrogens is 272 g/mol. The number of aromatic nitrogens is 3. The van der Waals surface area contributed by atoms with E-state index in [-0.39, 0.29) is 0 Å². The van der Waals surface area contributed by atoms with Crippen LogP contribution in [0.2, 0.25) is 5.15 Å². The summed E-state index contributed by atoms with van der Waals surface area (Å²) in [6.07, 6.45) is 0. The van der Waals surface area contributed by atoms with E-state index in [1.165, 1.54) is 0 Å². The Labute approximate surface area is 113 Å². The summed E-state index contributed by atoms with van der Waals surface area (Å²) in [5.74, 6) is 0. The van der Waals surface area contributed by atoms with Crippen LogP contribution < -0.4 is 4.90 Å². The summed E-state index contributed by atoms with van der Waals surface area (Å²) in [6, 6.07) is 3.55. The van der Waals surface area contributed by atoms with Gasteiger partial charge < -0.3 is 9.64 Å². The summed E-state index contributed by atoms with van der Waals surface area (Å²) in [5, 5.41) is 11.2. The molecule has 3 rings (SSSR count). The number of rotatable bonds is 2. The van der Waals surface area contributed by atoms with E-state index >= 15 is 0 Å². The number of morpholine rings is 1. The minimum atomic E-state index is 0.391. The number of halogens is 1. The summed E-state index contributed by atoms with van der Waals surface area (Å²) in [4.78, 5) is 6.80. The summed E-state index contributed by atoms with van der Waals surface area (Å²) < 4.78 is 5.32. The van der Waals surface area contributed by atoms with E-state index in [9.17, 15) is 0 Å². The highest BCUT2D eigenvalue weighted by molar-refractivity contribution is 7.14. The van der Waals surface area contributed by atoms with E-state index in [4.69, 9.17) is 16.3 Å². The average molecular weight is 283 g/mol. The number of hydrogen-bond acceptors (Lipinski definition) is 6. The Morgan fingerprint density at radius 2 is 2.00 bits per heavy atom. The van der Waals surface area contributed by atoms with Crippen LogP contribution in [0.3, 0.4) is 0 Å². The molecule has 0 aliphatic carbocycles. The fourth-order valence-corrected chi connectivity index (χ4v) is 2.71. The molecule has 0 saturated carbocycles. The predicted octanol–water partition coefficient (Wildman–Crippen LogP) is 2.09. The molecule has 0 unspecified atom stereocenters. The molecule has 0 radical (unpaired) electrons. The van der Waals surface area contributed by atoms with E-state index < -0.39 is 0 Å². The zero-order chi connectivity index (χ0) is 12.4. The van der Waals surface area contributed by atoms with Crippen LogP contribution in [0, 0.1) is 0 Å². The minimum Gasteiger partial charge on any atom is -0.378 e. The third-order valence-corrected chi connectivity index (χ3v) is 3.77. The van der Waals surface area contributed by atoms with E-state index in [1.54, 1.807) is 17.4 Å². The fraction of sp³-hybridized carbons (Fsp3) is 0.364. The van der Waals surface area contributed by atoms with Gasteiger partial charge in [0.05, 0.1) is 13.2 Å². The van der Waals surface area contributed by atoms with Crippen LogP contribution >= 0.6 is 22.9 Å². The zero-order valence-electron chi connectivity index (χ0n) is 9.54. The van der Waals surface area contributed by atoms with Gasteiger partial charge in [-0.05, 0) is 12.1 Å². The Morgan fingerprint density at radius 3 is 2.72 bits per heavy atom. The first-order valence-electron chi connectivity index (χ1n) is 5.61. The highest BCUT2D eigenvalue weighted by atomic mass is 35.5. The highest BCUT2D eigenvalue weighted by Crippen LogP contribution is 2.26. The molecule has 5 nitrogen and oxygen atoms in total. The Hall–Kier alpha value is -1.24. The Morgan fingerprint density at radius 1 is 1.17 bits per heavy atom. The molecule has 1 aliphatic rings. The number of thiazole rings is 1. The number of hydrogen-bond donors (Lipinski definition) is 0. The number of nitrogens with zero attached hydrogens (tertiary/aromatic N) is 4. The van der Waals surface area contributed by atoms with Crippen molar-refractivity contribution in [3.05, 3.63) is 22.7 Å². The topological polar surface area (TPSA) is 51.1 Å². The van der Waals surface area contributed by atoms with Crippen LogP contribution in [0.25, 0.3) is 11.4 Å². The van der Waals surface area contributed by atoms with Crippen molar-refractivity contribution in [1.29, 1.82) is 0 Å². The van der Waals surface area contributed by atoms with Gasteiger partial charge in [-0.15, -0.1) is 21.5 Å². The van der Waals surface area contributed by atoms with Gasteiger partial charge in [-0.2, -0.15) is 0 Å². The maximum absolute atomic E-state index is 5.71. The second kappa shape index (κ2) is 5.17. The Kier molecular flexibility index (Phi) is 3.40. The van der Waals surface area contributed by atoms with Gasteiger partial charge in [0.15, 0.2) is 10.3 Å². The second-order valence-electron chi connectivity index (χ2n) is 3.86. The number of ether oxygens (including phenoxy) is 1. The molecule has 7 heteroatoms. The summed E-state index contributed by atoms with van der Waals surface area (Å²) >= 11 is 7.33. The maximum atomic E-state index is 5.71. The van der Waals surface area contributed by atoms with Crippen molar-refractivity contribution in [3.63, 3.8) is 0 Å². The van der Waals surface area contributed by atoms with Gasteiger partial charge >= 0.3 is 0 Å². The molecule has 18 heavy (non-hydrogen) atoms. The zero-order valence-corrected chi connectivity index (χ0v) is 11.1. The van der Waals surface area contributed by atoms with Crippen LogP contribution in [0.1, 0.15) is 0 Å². The van der Waals surface area contributed by atoms with Crippen LogP contribution in [-0.4, -0.2) is 41.5 Å². The van der Waals surface area contributed by atoms with Crippen molar-refractivity contribution in [2.45, 2.75) is 0 Å². The molecule has 2 aromatic rings. The van der Waals surface area contributed by atoms with E-state index in [0.717, 1.165) is 42.8 Å². The lowest BCUT2D eigenvalue weighted by molar-refractivity contribution is 0.122. The summed E-state index contributed by atoms with van der Waals surface area (Å²) in [6.45, 7) is 3.30. The van der Waals surface area contributed by atoms with Gasteiger partial charge in [-0.3, -0.25) is 0 Å². The monoisotopic (exact) mass is 282 g/mol. The molecule has 0 amide bonds. The van der Waals surface area contributed by atoms with Crippen LogP contribution in [-0.2, 0) is 4.74 Å². The summed E-state index contributed by atoms with van der Waals surface area (Å²) in [7, 11) is 0. The van der Waals surface area contributed by atoms with Crippen molar-refractivity contribution in [2.24, 2.45) is 0 Å². The minimum absolute atomic E-state index is 0.391. The van der Waals surface area contributed by atoms with E-state index in [0.29, 0.717) is 5.15 Å². The standard InChI is InChI=1S/C11H11ClN4OS/c12-10-2-1-8(14-15-10)9-7-18-11(13-9)16-3-5-17-6-4-16/h1-2,7H,3-6H2. The quantitative estimate of drug-likeness (QED) is 0.844. The van der Waals surface area contributed by atoms with Crippen molar-refractivity contribution in [3.8, 4) is 11.4 Å². The Balaban J connectivity index is 1.82. The van der Waals surface area contributed by atoms with E-state index in [1.807, 2.05) is 11.4 Å². The van der Waals surface area contributed by atoms with Crippen LogP contribution in [0.15, 0.2) is 17.5 Å². The molecule has 0 N–H and O–H groups in total. The van der Waals surface area contributed by atoms with Crippen molar-refractivity contribution < 1.29 is 4.74 Å². The normalized spacial score (nSPS) is 15.9. The largest absolute Gasteiger partial charge is 0.378 e. The lowest BCUT2D eigenvalue weighted by Crippen LogP contribution is -2.36. The molecule has 0 bridgehead atoms. The molecule has 3 heterocycles. The smallest absolute Gasteiger partial charge is 0.186 e. The first kappa shape index (κ1) is 11.8. The Bertz CT molecular complexity index is 524. The predicted molar refractivity (Wildman–Crippen MR) is 71.2 cm³/mol. The maximum Gasteiger partial charge on any atom is 0.186 e. The molecular formula is C11H11ClN4OS. The van der Waals surface area contributed by atoms with Crippen molar-refractivity contribution >= 4 is 28.1 Å². The molecule has 1 fully saturated rings. The third kappa shape index (κ3) is 2.45. The van der Waals surface area contributed by atoms with Crippen molar-refractivity contribution in [2.75, 3.05) is 31.2 Å². The van der Waals surface area contributed by atoms with Gasteiger partial charge in [0, 0.05) is 18.5 Å².